The Morgan fingerprint density at radius 3 is 1.61 bits per heavy atom. The van der Waals surface area contributed by atoms with E-state index in [1.165, 1.54) is 16.7 Å². The van der Waals surface area contributed by atoms with Gasteiger partial charge in [-0.2, -0.15) is 0 Å². The minimum Gasteiger partial charge on any atom is -0.377 e. The van der Waals surface area contributed by atoms with Crippen molar-refractivity contribution in [1.29, 1.82) is 0 Å². The number of hydrogen-bond acceptors (Lipinski definition) is 1. The maximum absolute atomic E-state index is 5.54. The van der Waals surface area contributed by atoms with E-state index in [9.17, 15) is 0 Å². The quantitative estimate of drug-likeness (QED) is 0.289. The lowest BCUT2D eigenvalue weighted by atomic mass is 9.78. The normalized spacial score (nSPS) is 10.8. The Hall–Kier alpha value is -2.09. The standard InChI is InChI=1S/C15H16.C11H15ClO/c1-15(2,13-9-5-3-6-10-13)14-11-7-4-8-12-14;12-8-4-5-9-13-10-11-6-2-1-3-7-11/h3-12H,1-2H3;1-3,6-7H,4-5,8-10H2. The second-order valence-electron chi connectivity index (χ2n) is 7.29. The monoisotopic (exact) mass is 394 g/mol. The van der Waals surface area contributed by atoms with E-state index in [0.717, 1.165) is 25.3 Å². The lowest BCUT2D eigenvalue weighted by molar-refractivity contribution is 0.118. The Balaban J connectivity index is 0.000000203. The predicted molar refractivity (Wildman–Crippen MR) is 121 cm³/mol. The molecule has 148 valence electrons. The van der Waals surface area contributed by atoms with Crippen LogP contribution in [-0.2, 0) is 16.8 Å². The molecule has 3 aromatic rings. The Morgan fingerprint density at radius 1 is 0.679 bits per heavy atom. The third kappa shape index (κ3) is 7.50. The van der Waals surface area contributed by atoms with E-state index in [4.69, 9.17) is 16.3 Å². The zero-order valence-corrected chi connectivity index (χ0v) is 17.7. The number of alkyl halides is 1. The van der Waals surface area contributed by atoms with Gasteiger partial charge >= 0.3 is 0 Å². The summed E-state index contributed by atoms with van der Waals surface area (Å²) in [6.07, 6.45) is 2.09. The summed E-state index contributed by atoms with van der Waals surface area (Å²) >= 11 is 5.54. The molecular formula is C26H31ClO. The van der Waals surface area contributed by atoms with E-state index in [1.807, 2.05) is 18.2 Å². The molecule has 0 spiro atoms. The van der Waals surface area contributed by atoms with Gasteiger partial charge in [-0.05, 0) is 29.5 Å². The number of rotatable bonds is 8. The summed E-state index contributed by atoms with van der Waals surface area (Å²) in [5, 5.41) is 0. The second-order valence-corrected chi connectivity index (χ2v) is 7.67. The smallest absolute Gasteiger partial charge is 0.0716 e. The highest BCUT2D eigenvalue weighted by Crippen LogP contribution is 2.30. The molecule has 0 amide bonds. The topological polar surface area (TPSA) is 9.23 Å². The average Bonchev–Trinajstić information content (AvgIpc) is 2.76. The molecule has 0 aliphatic carbocycles. The number of ether oxygens (including phenoxy) is 1. The van der Waals surface area contributed by atoms with Crippen LogP contribution in [0.25, 0.3) is 0 Å². The molecule has 0 unspecified atom stereocenters. The highest BCUT2D eigenvalue weighted by Gasteiger charge is 2.21. The minimum atomic E-state index is 0.0858. The van der Waals surface area contributed by atoms with Gasteiger partial charge in [0, 0.05) is 17.9 Å². The van der Waals surface area contributed by atoms with E-state index in [1.54, 1.807) is 0 Å². The van der Waals surface area contributed by atoms with Crippen LogP contribution in [0.15, 0.2) is 91.0 Å². The van der Waals surface area contributed by atoms with Crippen molar-refractivity contribution in [1.82, 2.24) is 0 Å². The minimum absolute atomic E-state index is 0.0858. The zero-order chi connectivity index (χ0) is 20.1. The molecule has 0 aliphatic rings. The zero-order valence-electron chi connectivity index (χ0n) is 17.0. The summed E-state index contributed by atoms with van der Waals surface area (Å²) in [5.74, 6) is 0.731. The van der Waals surface area contributed by atoms with Gasteiger partial charge in [-0.3, -0.25) is 0 Å². The molecular weight excluding hydrogens is 364 g/mol. The van der Waals surface area contributed by atoms with Crippen molar-refractivity contribution in [2.45, 2.75) is 38.7 Å². The van der Waals surface area contributed by atoms with E-state index < -0.39 is 0 Å². The van der Waals surface area contributed by atoms with Crippen LogP contribution in [-0.4, -0.2) is 12.5 Å². The maximum atomic E-state index is 5.54. The Bertz CT molecular complexity index is 713. The molecule has 0 aromatic heterocycles. The SMILES string of the molecule is CC(C)(c1ccccc1)c1ccccc1.ClCCCCOCc1ccccc1. The van der Waals surface area contributed by atoms with Crippen LogP contribution in [0.2, 0.25) is 0 Å². The fraction of sp³-hybridized carbons (Fsp3) is 0.308. The van der Waals surface area contributed by atoms with E-state index in [-0.39, 0.29) is 5.41 Å². The van der Waals surface area contributed by atoms with Gasteiger partial charge in [-0.15, -0.1) is 11.6 Å². The van der Waals surface area contributed by atoms with Crippen LogP contribution >= 0.6 is 11.6 Å². The fourth-order valence-electron chi connectivity index (χ4n) is 2.94. The predicted octanol–water partition coefficient (Wildman–Crippen LogP) is 7.23. The number of halogens is 1. The summed E-state index contributed by atoms with van der Waals surface area (Å²) in [6, 6.07) is 31.5. The molecule has 28 heavy (non-hydrogen) atoms. The first-order chi connectivity index (χ1) is 13.6. The summed E-state index contributed by atoms with van der Waals surface area (Å²) in [6.45, 7) is 6.04. The lowest BCUT2D eigenvalue weighted by Gasteiger charge is -2.25. The van der Waals surface area contributed by atoms with Crippen LogP contribution in [0.5, 0.6) is 0 Å². The average molecular weight is 395 g/mol. The van der Waals surface area contributed by atoms with Crippen molar-refractivity contribution in [3.8, 4) is 0 Å². The molecule has 0 heterocycles. The van der Waals surface area contributed by atoms with Gasteiger partial charge in [0.15, 0.2) is 0 Å². The molecule has 3 aromatic carbocycles. The molecule has 0 N–H and O–H groups in total. The first kappa shape index (κ1) is 22.2. The molecule has 0 saturated heterocycles. The fourth-order valence-corrected chi connectivity index (χ4v) is 3.13. The van der Waals surface area contributed by atoms with Crippen LogP contribution in [0.3, 0.4) is 0 Å². The van der Waals surface area contributed by atoms with Gasteiger partial charge in [-0.25, -0.2) is 0 Å². The van der Waals surface area contributed by atoms with Gasteiger partial charge < -0.3 is 4.74 Å². The maximum Gasteiger partial charge on any atom is 0.0716 e. The van der Waals surface area contributed by atoms with Crippen molar-refractivity contribution in [2.75, 3.05) is 12.5 Å². The lowest BCUT2D eigenvalue weighted by Crippen LogP contribution is -2.18. The van der Waals surface area contributed by atoms with Crippen LogP contribution < -0.4 is 0 Å². The molecule has 0 saturated carbocycles. The second kappa shape index (κ2) is 12.4. The molecule has 0 bridgehead atoms. The Kier molecular flexibility index (Phi) is 9.82. The molecule has 0 atom stereocenters. The highest BCUT2D eigenvalue weighted by molar-refractivity contribution is 6.17. The molecule has 0 fully saturated rings. The van der Waals surface area contributed by atoms with E-state index in [0.29, 0.717) is 6.61 Å². The van der Waals surface area contributed by atoms with E-state index >= 15 is 0 Å². The molecule has 3 rings (SSSR count). The van der Waals surface area contributed by atoms with Crippen LogP contribution in [0.4, 0.5) is 0 Å². The van der Waals surface area contributed by atoms with Crippen molar-refractivity contribution in [2.24, 2.45) is 0 Å². The molecule has 0 radical (unpaired) electrons. The van der Waals surface area contributed by atoms with Gasteiger partial charge in [0.05, 0.1) is 6.61 Å². The van der Waals surface area contributed by atoms with E-state index in [2.05, 4.69) is 86.6 Å². The van der Waals surface area contributed by atoms with Crippen molar-refractivity contribution in [3.63, 3.8) is 0 Å². The number of hydrogen-bond donors (Lipinski definition) is 0. The summed E-state index contributed by atoms with van der Waals surface area (Å²) < 4.78 is 5.46. The first-order valence-electron chi connectivity index (χ1n) is 9.93. The van der Waals surface area contributed by atoms with Crippen molar-refractivity contribution < 1.29 is 4.74 Å². The highest BCUT2D eigenvalue weighted by atomic mass is 35.5. The molecule has 2 heteroatoms. The van der Waals surface area contributed by atoms with Crippen LogP contribution in [0.1, 0.15) is 43.4 Å². The third-order valence-electron chi connectivity index (χ3n) is 4.77. The first-order valence-corrected chi connectivity index (χ1v) is 10.5. The van der Waals surface area contributed by atoms with Gasteiger partial charge in [0.1, 0.15) is 0 Å². The summed E-state index contributed by atoms with van der Waals surface area (Å²) in [4.78, 5) is 0. The van der Waals surface area contributed by atoms with Crippen molar-refractivity contribution >= 4 is 11.6 Å². The summed E-state index contributed by atoms with van der Waals surface area (Å²) in [7, 11) is 0. The Labute approximate surface area is 175 Å². The Morgan fingerprint density at radius 2 is 1.14 bits per heavy atom. The summed E-state index contributed by atoms with van der Waals surface area (Å²) in [5.41, 5.74) is 4.03. The number of unbranched alkanes of at least 4 members (excludes halogenated alkanes) is 1. The number of benzene rings is 3. The largest absolute Gasteiger partial charge is 0.377 e. The third-order valence-corrected chi connectivity index (χ3v) is 5.04. The van der Waals surface area contributed by atoms with Gasteiger partial charge in [0.2, 0.25) is 0 Å². The van der Waals surface area contributed by atoms with Crippen LogP contribution in [0, 0.1) is 0 Å². The van der Waals surface area contributed by atoms with Gasteiger partial charge in [-0.1, -0.05) is 105 Å². The van der Waals surface area contributed by atoms with Gasteiger partial charge in [0.25, 0.3) is 0 Å². The van der Waals surface area contributed by atoms with Crippen molar-refractivity contribution in [3.05, 3.63) is 108 Å². The molecule has 1 nitrogen and oxygen atoms in total. The molecule has 0 aliphatic heterocycles.